The van der Waals surface area contributed by atoms with Crippen LogP contribution in [0.4, 0.5) is 5.69 Å². The minimum Gasteiger partial charge on any atom is -0.326 e. The van der Waals surface area contributed by atoms with E-state index in [0.717, 1.165) is 16.4 Å². The van der Waals surface area contributed by atoms with E-state index in [1.165, 1.54) is 11.8 Å². The Morgan fingerprint density at radius 3 is 2.92 bits per heavy atom. The van der Waals surface area contributed by atoms with Crippen molar-refractivity contribution in [1.82, 2.24) is 14.8 Å². The molecule has 0 bridgehead atoms. The van der Waals surface area contributed by atoms with Crippen LogP contribution < -0.4 is 5.32 Å². The van der Waals surface area contributed by atoms with Gasteiger partial charge in [0.15, 0.2) is 5.16 Å². The van der Waals surface area contributed by atoms with E-state index in [1.807, 2.05) is 35.8 Å². The lowest BCUT2D eigenvalue weighted by Gasteiger charge is -2.09. The zero-order valence-electron chi connectivity index (χ0n) is 14.2. The summed E-state index contributed by atoms with van der Waals surface area (Å²) in [4.78, 5) is 12.1. The molecule has 0 saturated heterocycles. The van der Waals surface area contributed by atoms with Crippen LogP contribution in [-0.2, 0) is 4.79 Å². The van der Waals surface area contributed by atoms with Gasteiger partial charge >= 0.3 is 0 Å². The summed E-state index contributed by atoms with van der Waals surface area (Å²) in [6.07, 6.45) is 2.01. The third-order valence-corrected chi connectivity index (χ3v) is 4.67. The molecule has 1 heterocycles. The quantitative estimate of drug-likeness (QED) is 0.677. The molecular weight excluding hydrogens is 346 g/mol. The summed E-state index contributed by atoms with van der Waals surface area (Å²) in [5, 5.41) is 20.6. The minimum absolute atomic E-state index is 0.102. The largest absolute Gasteiger partial charge is 0.326 e. The number of nitrogens with one attached hydrogen (secondary N) is 1. The van der Waals surface area contributed by atoms with E-state index in [0.29, 0.717) is 23.4 Å². The first kappa shape index (κ1) is 17.7. The fraction of sp³-hybridized carbons (Fsp3) is 0.158. The van der Waals surface area contributed by atoms with Crippen LogP contribution in [0.15, 0.2) is 60.0 Å². The number of carbonyl (C=O) groups is 1. The molecule has 2 aromatic carbocycles. The van der Waals surface area contributed by atoms with Crippen molar-refractivity contribution >= 4 is 23.4 Å². The molecule has 130 valence electrons. The number of para-hydroxylation sites is 1. The fourth-order valence-corrected chi connectivity index (χ4v) is 3.31. The Morgan fingerprint density at radius 1 is 1.27 bits per heavy atom. The Balaban J connectivity index is 1.57. The lowest BCUT2D eigenvalue weighted by Crippen LogP contribution is -2.12. The lowest BCUT2D eigenvalue weighted by molar-refractivity contribution is -0.115. The van der Waals surface area contributed by atoms with Gasteiger partial charge in [-0.1, -0.05) is 36.0 Å². The molecule has 0 aliphatic rings. The maximum Gasteiger partial charge on any atom is 0.225 e. The monoisotopic (exact) mass is 363 g/mol. The summed E-state index contributed by atoms with van der Waals surface area (Å²) in [6.45, 7) is 2.03. The topological polar surface area (TPSA) is 83.6 Å². The van der Waals surface area contributed by atoms with Gasteiger partial charge in [0.25, 0.3) is 0 Å². The number of amides is 1. The third kappa shape index (κ3) is 4.29. The van der Waals surface area contributed by atoms with Crippen molar-refractivity contribution in [3.63, 3.8) is 0 Å². The van der Waals surface area contributed by atoms with Gasteiger partial charge in [0.05, 0.1) is 17.3 Å². The van der Waals surface area contributed by atoms with Gasteiger partial charge < -0.3 is 5.32 Å². The van der Waals surface area contributed by atoms with Crippen LogP contribution in [0, 0.1) is 18.3 Å². The molecule has 0 unspecified atom stereocenters. The van der Waals surface area contributed by atoms with Gasteiger partial charge in [-0.2, -0.15) is 5.26 Å². The highest BCUT2D eigenvalue weighted by molar-refractivity contribution is 7.99. The normalized spacial score (nSPS) is 10.3. The number of hydrogen-bond donors (Lipinski definition) is 1. The second kappa shape index (κ2) is 8.32. The Morgan fingerprint density at radius 2 is 2.12 bits per heavy atom. The highest BCUT2D eigenvalue weighted by Crippen LogP contribution is 2.22. The number of aryl methyl sites for hydroxylation is 1. The summed E-state index contributed by atoms with van der Waals surface area (Å²) in [6, 6.07) is 16.9. The molecule has 3 rings (SSSR count). The van der Waals surface area contributed by atoms with Crippen molar-refractivity contribution in [1.29, 1.82) is 5.26 Å². The number of thioether (sulfide) groups is 1. The molecule has 3 aromatic rings. The molecule has 0 aliphatic carbocycles. The van der Waals surface area contributed by atoms with Crippen LogP contribution in [0.2, 0.25) is 0 Å². The Labute approximate surface area is 155 Å². The van der Waals surface area contributed by atoms with E-state index in [1.54, 1.807) is 30.6 Å². The van der Waals surface area contributed by atoms with Crippen LogP contribution >= 0.6 is 11.8 Å². The van der Waals surface area contributed by atoms with Crippen molar-refractivity contribution in [3.05, 3.63) is 66.0 Å². The molecular formula is C19H17N5OS. The number of nitrogens with zero attached hydrogens (tertiary/aromatic N) is 4. The summed E-state index contributed by atoms with van der Waals surface area (Å²) >= 11 is 1.48. The number of benzene rings is 2. The van der Waals surface area contributed by atoms with Crippen LogP contribution in [0.3, 0.4) is 0 Å². The third-order valence-electron chi connectivity index (χ3n) is 3.73. The first-order valence-corrected chi connectivity index (χ1v) is 9.05. The Kier molecular flexibility index (Phi) is 5.66. The number of carbonyl (C=O) groups excluding carboxylic acids is 1. The number of aromatic nitrogens is 3. The smallest absolute Gasteiger partial charge is 0.225 e. The van der Waals surface area contributed by atoms with Crippen molar-refractivity contribution in [2.45, 2.75) is 18.5 Å². The molecule has 7 heteroatoms. The van der Waals surface area contributed by atoms with Crippen LogP contribution in [0.5, 0.6) is 0 Å². The lowest BCUT2D eigenvalue weighted by atomic mass is 10.2. The second-order valence-electron chi connectivity index (χ2n) is 5.61. The second-order valence-corrected chi connectivity index (χ2v) is 6.67. The van der Waals surface area contributed by atoms with Crippen molar-refractivity contribution in [2.75, 3.05) is 11.1 Å². The van der Waals surface area contributed by atoms with Gasteiger partial charge in [0, 0.05) is 17.9 Å². The average Bonchev–Trinajstić information content (AvgIpc) is 3.10. The maximum atomic E-state index is 12.1. The van der Waals surface area contributed by atoms with E-state index < -0.39 is 0 Å². The minimum atomic E-state index is -0.102. The molecule has 0 atom stereocenters. The number of hydrogen-bond acceptors (Lipinski definition) is 5. The fourth-order valence-electron chi connectivity index (χ4n) is 2.45. The zero-order valence-corrected chi connectivity index (χ0v) is 15.0. The van der Waals surface area contributed by atoms with Gasteiger partial charge in [0.2, 0.25) is 5.91 Å². The molecule has 1 amide bonds. The van der Waals surface area contributed by atoms with Crippen molar-refractivity contribution in [3.8, 4) is 11.8 Å². The van der Waals surface area contributed by atoms with E-state index in [4.69, 9.17) is 5.26 Å². The summed E-state index contributed by atoms with van der Waals surface area (Å²) < 4.78 is 1.92. The Bertz CT molecular complexity index is 960. The first-order valence-electron chi connectivity index (χ1n) is 8.06. The van der Waals surface area contributed by atoms with Gasteiger partial charge in [-0.15, -0.1) is 10.2 Å². The summed E-state index contributed by atoms with van der Waals surface area (Å²) in [5.41, 5.74) is 3.30. The summed E-state index contributed by atoms with van der Waals surface area (Å²) in [5.74, 6) is 0.475. The molecule has 0 saturated carbocycles. The molecule has 1 aromatic heterocycles. The van der Waals surface area contributed by atoms with Crippen molar-refractivity contribution < 1.29 is 4.79 Å². The molecule has 26 heavy (non-hydrogen) atoms. The molecule has 1 N–H and O–H groups in total. The zero-order chi connectivity index (χ0) is 18.4. The molecule has 0 fully saturated rings. The highest BCUT2D eigenvalue weighted by atomic mass is 32.2. The van der Waals surface area contributed by atoms with Gasteiger partial charge in [0.1, 0.15) is 6.33 Å². The molecule has 0 spiro atoms. The standard InChI is InChI=1S/C19H17N5OS/c1-14-5-2-3-8-17(14)24-13-21-23-19(24)26-10-9-18(25)22-16-7-4-6-15(11-16)12-20/h2-8,11,13H,9-10H2,1H3,(H,22,25). The van der Waals surface area contributed by atoms with Gasteiger partial charge in [-0.3, -0.25) is 9.36 Å². The van der Waals surface area contributed by atoms with Crippen molar-refractivity contribution in [2.24, 2.45) is 0 Å². The first-order chi connectivity index (χ1) is 12.7. The number of nitriles is 1. The number of rotatable bonds is 6. The van der Waals surface area contributed by atoms with E-state index in [2.05, 4.69) is 21.6 Å². The van der Waals surface area contributed by atoms with E-state index in [-0.39, 0.29) is 5.91 Å². The average molecular weight is 363 g/mol. The summed E-state index contributed by atoms with van der Waals surface area (Å²) in [7, 11) is 0. The Hall–Kier alpha value is -3.11. The number of anilines is 1. The molecule has 0 aliphatic heterocycles. The predicted molar refractivity (Wildman–Crippen MR) is 101 cm³/mol. The van der Waals surface area contributed by atoms with E-state index in [9.17, 15) is 4.79 Å². The maximum absolute atomic E-state index is 12.1. The van der Waals surface area contributed by atoms with Crippen LogP contribution in [-0.4, -0.2) is 26.4 Å². The van der Waals surface area contributed by atoms with Crippen LogP contribution in [0.1, 0.15) is 17.5 Å². The van der Waals surface area contributed by atoms with Gasteiger partial charge in [-0.05, 0) is 36.8 Å². The molecule has 6 nitrogen and oxygen atoms in total. The van der Waals surface area contributed by atoms with E-state index >= 15 is 0 Å². The highest BCUT2D eigenvalue weighted by Gasteiger charge is 2.10. The SMILES string of the molecule is Cc1ccccc1-n1cnnc1SCCC(=O)Nc1cccc(C#N)c1. The van der Waals surface area contributed by atoms with Gasteiger partial charge in [-0.25, -0.2) is 0 Å². The van der Waals surface area contributed by atoms with Crippen LogP contribution in [0.25, 0.3) is 5.69 Å². The molecule has 0 radical (unpaired) electrons. The predicted octanol–water partition coefficient (Wildman–Crippen LogP) is 3.57.